The first kappa shape index (κ1) is 41.0. The molecule has 6 amide bonds. The monoisotopic (exact) mass is 812 g/mol. The van der Waals surface area contributed by atoms with Crippen LogP contribution in [0.4, 0.5) is 0 Å². The van der Waals surface area contributed by atoms with Gasteiger partial charge in [0.2, 0.25) is 11.8 Å². The average Bonchev–Trinajstić information content (AvgIpc) is 3.27. The summed E-state index contributed by atoms with van der Waals surface area (Å²) in [6, 6.07) is 10.7. The number of carbonyl (C=O) groups is 6. The number of unbranched alkanes of at least 4 members (excludes halogenated alkanes) is 2. The topological polar surface area (TPSA) is 141 Å². The molecular formula is C48H56N6O6+2. The minimum Gasteiger partial charge on any atom is -0.356 e. The van der Waals surface area contributed by atoms with Gasteiger partial charge in [-0.1, -0.05) is 0 Å². The molecule has 0 fully saturated rings. The summed E-state index contributed by atoms with van der Waals surface area (Å²) in [6.45, 7) is 3.14. The Hall–Kier alpha value is -5.78. The molecule has 0 bridgehead atoms. The fourth-order valence-corrected chi connectivity index (χ4v) is 9.36. The highest BCUT2D eigenvalue weighted by molar-refractivity contribution is 6.33. The van der Waals surface area contributed by atoms with Crippen LogP contribution in [0.1, 0.15) is 141 Å². The molecule has 0 saturated carbocycles. The Balaban J connectivity index is 0.773. The van der Waals surface area contributed by atoms with Crippen molar-refractivity contribution in [3.63, 3.8) is 0 Å². The second-order valence-electron chi connectivity index (χ2n) is 16.8. The van der Waals surface area contributed by atoms with Crippen LogP contribution < -0.4 is 19.8 Å². The molecule has 60 heavy (non-hydrogen) atoms. The first-order valence-electron chi connectivity index (χ1n) is 22.1. The van der Waals surface area contributed by atoms with Crippen molar-refractivity contribution in [2.24, 2.45) is 0 Å². The highest BCUT2D eigenvalue weighted by atomic mass is 16.2. The average molecular weight is 813 g/mol. The Morgan fingerprint density at radius 2 is 0.850 bits per heavy atom. The van der Waals surface area contributed by atoms with Gasteiger partial charge in [0, 0.05) is 108 Å². The second kappa shape index (κ2) is 18.6. The van der Waals surface area contributed by atoms with Crippen LogP contribution in [0.25, 0.3) is 10.8 Å². The van der Waals surface area contributed by atoms with Crippen molar-refractivity contribution in [1.82, 2.24) is 20.4 Å². The molecule has 4 aliphatic rings. The van der Waals surface area contributed by atoms with E-state index in [1.807, 2.05) is 0 Å². The zero-order valence-corrected chi connectivity index (χ0v) is 34.6. The van der Waals surface area contributed by atoms with Gasteiger partial charge < -0.3 is 10.6 Å². The van der Waals surface area contributed by atoms with Gasteiger partial charge in [-0.3, -0.25) is 38.6 Å². The summed E-state index contributed by atoms with van der Waals surface area (Å²) in [6.07, 6.45) is 22.5. The maximum atomic E-state index is 13.7. The number of amides is 6. The lowest BCUT2D eigenvalue weighted by Crippen LogP contribution is -2.43. The molecule has 2 aliphatic heterocycles. The molecule has 12 nitrogen and oxygen atoms in total. The number of aryl methyl sites for hydroxylation is 6. The van der Waals surface area contributed by atoms with Gasteiger partial charge in [0.25, 0.3) is 23.6 Å². The van der Waals surface area contributed by atoms with Crippen molar-refractivity contribution < 1.29 is 37.9 Å². The Morgan fingerprint density at radius 1 is 0.483 bits per heavy atom. The van der Waals surface area contributed by atoms with Crippen LogP contribution in [0.2, 0.25) is 0 Å². The fraction of sp³-hybridized carbons (Fsp3) is 0.458. The first-order chi connectivity index (χ1) is 29.3. The molecular weight excluding hydrogens is 757 g/mol. The molecule has 0 atom stereocenters. The Morgan fingerprint density at radius 3 is 1.23 bits per heavy atom. The zero-order chi connectivity index (χ0) is 41.6. The van der Waals surface area contributed by atoms with Crippen LogP contribution >= 0.6 is 0 Å². The van der Waals surface area contributed by atoms with Gasteiger partial charge in [0.05, 0.1) is 0 Å². The fourth-order valence-electron chi connectivity index (χ4n) is 9.36. The van der Waals surface area contributed by atoms with E-state index in [1.54, 1.807) is 24.3 Å². The van der Waals surface area contributed by atoms with Crippen LogP contribution in [0.15, 0.2) is 61.2 Å². The molecule has 0 radical (unpaired) electrons. The van der Waals surface area contributed by atoms with Gasteiger partial charge in [0.1, 0.15) is 13.1 Å². The van der Waals surface area contributed by atoms with E-state index in [9.17, 15) is 28.8 Å². The molecule has 2 aromatic carbocycles. The predicted octanol–water partition coefficient (Wildman–Crippen LogP) is 5.12. The van der Waals surface area contributed by atoms with E-state index >= 15 is 0 Å². The molecule has 2 aromatic heterocycles. The number of hydrogen-bond donors (Lipinski definition) is 2. The summed E-state index contributed by atoms with van der Waals surface area (Å²) >= 11 is 0. The number of hydrogen-bond acceptors (Lipinski definition) is 6. The lowest BCUT2D eigenvalue weighted by molar-refractivity contribution is -0.697. The first-order valence-corrected chi connectivity index (χ1v) is 22.1. The lowest BCUT2D eigenvalue weighted by Gasteiger charge is -2.32. The summed E-state index contributed by atoms with van der Waals surface area (Å²) in [7, 11) is 0. The number of benzene rings is 2. The molecule has 312 valence electrons. The van der Waals surface area contributed by atoms with Crippen LogP contribution in [0.5, 0.6) is 0 Å². The smallest absolute Gasteiger partial charge is 0.261 e. The van der Waals surface area contributed by atoms with Gasteiger partial charge in [-0.2, -0.15) is 0 Å². The van der Waals surface area contributed by atoms with E-state index in [1.165, 1.54) is 57.7 Å². The van der Waals surface area contributed by atoms with Crippen LogP contribution in [-0.2, 0) is 48.4 Å². The molecule has 0 saturated heterocycles. The van der Waals surface area contributed by atoms with E-state index in [4.69, 9.17) is 0 Å². The van der Waals surface area contributed by atoms with Gasteiger partial charge >= 0.3 is 0 Å². The van der Waals surface area contributed by atoms with Crippen molar-refractivity contribution in [2.45, 2.75) is 116 Å². The number of fused-ring (bicyclic) bond motifs is 2. The molecule has 12 heteroatoms. The van der Waals surface area contributed by atoms with Crippen LogP contribution in [0, 0.1) is 0 Å². The molecule has 4 aromatic rings. The summed E-state index contributed by atoms with van der Waals surface area (Å²) in [5, 5.41) is 6.66. The second-order valence-corrected chi connectivity index (χ2v) is 16.8. The Bertz CT molecular complexity index is 2120. The maximum absolute atomic E-state index is 13.7. The minimum atomic E-state index is -0.474. The highest BCUT2D eigenvalue weighted by Crippen LogP contribution is 2.38. The highest BCUT2D eigenvalue weighted by Gasteiger charge is 2.39. The van der Waals surface area contributed by atoms with Crippen molar-refractivity contribution in [2.75, 3.05) is 26.2 Å². The van der Waals surface area contributed by atoms with Crippen molar-refractivity contribution in [1.29, 1.82) is 0 Å². The third-order valence-electron chi connectivity index (χ3n) is 12.7. The van der Waals surface area contributed by atoms with Crippen LogP contribution in [-0.4, -0.2) is 71.4 Å². The van der Waals surface area contributed by atoms with Crippen molar-refractivity contribution in [3.05, 3.63) is 106 Å². The third-order valence-corrected chi connectivity index (χ3v) is 12.7. The van der Waals surface area contributed by atoms with Crippen molar-refractivity contribution in [3.8, 4) is 0 Å². The number of nitrogens with zero attached hydrogens (tertiary/aromatic N) is 4. The maximum Gasteiger partial charge on any atom is 0.261 e. The minimum absolute atomic E-state index is 0.0539. The third kappa shape index (κ3) is 8.88. The zero-order valence-electron chi connectivity index (χ0n) is 34.6. The lowest BCUT2D eigenvalue weighted by atomic mass is 9.86. The molecule has 4 heterocycles. The SMILES string of the molecule is O=C(CCCCN1C(=O)c2ccc3c4c(ccc(c24)C1=O)C(=O)N(CCCCC(=O)NCCC[n+]1ccc2c(c1)CCCC2)C3=O)NCCC[n+]1ccc2c(c1)CCCC2. The van der Waals surface area contributed by atoms with Gasteiger partial charge in [-0.15, -0.1) is 0 Å². The molecule has 0 unspecified atom stereocenters. The van der Waals surface area contributed by atoms with E-state index < -0.39 is 23.6 Å². The van der Waals surface area contributed by atoms with Gasteiger partial charge in [-0.05, 0) is 112 Å². The number of pyridine rings is 2. The van der Waals surface area contributed by atoms with E-state index in [2.05, 4.69) is 56.7 Å². The summed E-state index contributed by atoms with van der Waals surface area (Å²) < 4.78 is 4.40. The number of aromatic nitrogens is 2. The van der Waals surface area contributed by atoms with Crippen LogP contribution in [0.3, 0.4) is 0 Å². The van der Waals surface area contributed by atoms with E-state index in [-0.39, 0.29) is 47.2 Å². The summed E-state index contributed by atoms with van der Waals surface area (Å²) in [5.41, 5.74) is 6.88. The number of carbonyl (C=O) groups excluding carboxylic acids is 6. The standard InChI is InChI=1S/C48H54N6O6/c55-41(49-23-9-25-51-29-21-33-11-1-3-13-35(33)31-51)15-5-7-27-53-45(57)37-17-19-39-44-40(20-18-38(43(37)44)46(53)58)48(60)54(47(39)59)28-8-6-16-42(56)50-24-10-26-52-30-22-34-12-2-4-14-36(34)32-52/h17-22,29-32H,1-16,23-28H2/p+2. The predicted molar refractivity (Wildman–Crippen MR) is 224 cm³/mol. The Labute approximate surface area is 351 Å². The summed E-state index contributed by atoms with van der Waals surface area (Å²) in [5.74, 6) is -2.00. The number of nitrogens with one attached hydrogen (secondary N) is 2. The van der Waals surface area contributed by atoms with E-state index in [0.29, 0.717) is 62.4 Å². The quantitative estimate of drug-likeness (QED) is 0.0813. The molecule has 0 spiro atoms. The Kier molecular flexibility index (Phi) is 12.7. The van der Waals surface area contributed by atoms with Crippen molar-refractivity contribution >= 4 is 46.2 Å². The molecule has 8 rings (SSSR count). The van der Waals surface area contributed by atoms with Gasteiger partial charge in [0.15, 0.2) is 24.8 Å². The molecule has 2 N–H and O–H groups in total. The normalized spacial score (nSPS) is 15.6. The van der Waals surface area contributed by atoms with Gasteiger partial charge in [-0.25, -0.2) is 9.13 Å². The number of imide groups is 2. The number of rotatable bonds is 18. The molecule has 2 aliphatic carbocycles. The van der Waals surface area contributed by atoms with E-state index in [0.717, 1.165) is 51.6 Å². The largest absolute Gasteiger partial charge is 0.356 e. The summed E-state index contributed by atoms with van der Waals surface area (Å²) in [4.78, 5) is 82.3.